The molecule has 26 heavy (non-hydrogen) atoms. The lowest BCUT2D eigenvalue weighted by Gasteiger charge is -2.13. The molecule has 1 amide bonds. The molecule has 2 aromatic carbocycles. The van der Waals surface area contributed by atoms with E-state index in [0.717, 1.165) is 5.56 Å². The fourth-order valence-electron chi connectivity index (χ4n) is 2.43. The molecular formula is C19H18ClN3O3. The first-order valence-electron chi connectivity index (χ1n) is 7.93. The molecule has 1 aromatic heterocycles. The molecule has 0 radical (unpaired) electrons. The van der Waals surface area contributed by atoms with Gasteiger partial charge in [-0.25, -0.2) is 4.68 Å². The molecule has 0 atom stereocenters. The highest BCUT2D eigenvalue weighted by atomic mass is 35.5. The molecule has 1 N–H and O–H groups in total. The Hall–Kier alpha value is -2.99. The van der Waals surface area contributed by atoms with Crippen LogP contribution >= 0.6 is 11.6 Å². The number of hydrogen-bond donors (Lipinski definition) is 1. The fourth-order valence-corrected chi connectivity index (χ4v) is 2.62. The molecule has 134 valence electrons. The number of rotatable bonds is 6. The van der Waals surface area contributed by atoms with Crippen LogP contribution in [0, 0.1) is 6.92 Å². The molecule has 0 aliphatic rings. The van der Waals surface area contributed by atoms with Gasteiger partial charge in [-0.1, -0.05) is 29.8 Å². The van der Waals surface area contributed by atoms with Gasteiger partial charge in [0.1, 0.15) is 17.2 Å². The normalized spacial score (nSPS) is 10.4. The van der Waals surface area contributed by atoms with E-state index in [-0.39, 0.29) is 12.6 Å². The number of benzene rings is 2. The summed E-state index contributed by atoms with van der Waals surface area (Å²) in [5, 5.41) is 7.48. The summed E-state index contributed by atoms with van der Waals surface area (Å²) in [6.07, 6.45) is 1.54. The smallest absolute Gasteiger partial charge is 0.274 e. The molecule has 3 aromatic rings. The molecule has 7 heteroatoms. The molecule has 0 unspecified atom stereocenters. The first kappa shape index (κ1) is 17.8. The van der Waals surface area contributed by atoms with Crippen molar-refractivity contribution in [3.8, 4) is 11.5 Å². The Kier molecular flexibility index (Phi) is 5.43. The number of para-hydroxylation sites is 1. The largest absolute Gasteiger partial charge is 0.495 e. The number of carbonyl (C=O) groups excluding carboxylic acids is 1. The van der Waals surface area contributed by atoms with E-state index in [0.29, 0.717) is 27.9 Å². The van der Waals surface area contributed by atoms with Crippen LogP contribution in [0.25, 0.3) is 0 Å². The molecular weight excluding hydrogens is 354 g/mol. The van der Waals surface area contributed by atoms with E-state index in [9.17, 15) is 4.79 Å². The number of carbonyl (C=O) groups is 1. The van der Waals surface area contributed by atoms with Gasteiger partial charge < -0.3 is 14.8 Å². The van der Waals surface area contributed by atoms with E-state index < -0.39 is 0 Å². The minimum Gasteiger partial charge on any atom is -0.495 e. The molecule has 0 bridgehead atoms. The van der Waals surface area contributed by atoms with Crippen molar-refractivity contribution in [1.29, 1.82) is 0 Å². The van der Waals surface area contributed by atoms with Crippen LogP contribution in [0.3, 0.4) is 0 Å². The third-order valence-corrected chi connectivity index (χ3v) is 4.04. The summed E-state index contributed by atoms with van der Waals surface area (Å²) in [6, 6.07) is 14.3. The number of hydrogen-bond acceptors (Lipinski definition) is 4. The third kappa shape index (κ3) is 3.97. The highest BCUT2D eigenvalue weighted by molar-refractivity contribution is 6.32. The highest BCUT2D eigenvalue weighted by Gasteiger charge is 2.15. The maximum atomic E-state index is 12.6. The van der Waals surface area contributed by atoms with Crippen LogP contribution in [0.5, 0.6) is 11.5 Å². The molecule has 0 spiro atoms. The van der Waals surface area contributed by atoms with Crippen LogP contribution in [0.4, 0.5) is 5.69 Å². The molecule has 0 aliphatic carbocycles. The van der Waals surface area contributed by atoms with E-state index in [1.807, 2.05) is 37.3 Å². The lowest BCUT2D eigenvalue weighted by atomic mass is 10.2. The van der Waals surface area contributed by atoms with Gasteiger partial charge in [0, 0.05) is 6.20 Å². The zero-order valence-electron chi connectivity index (χ0n) is 14.4. The first-order valence-corrected chi connectivity index (χ1v) is 8.31. The molecule has 1 heterocycles. The van der Waals surface area contributed by atoms with E-state index in [4.69, 9.17) is 21.1 Å². The first-order chi connectivity index (χ1) is 12.6. The Balaban J connectivity index is 1.75. The summed E-state index contributed by atoms with van der Waals surface area (Å²) in [5.74, 6) is 0.799. The van der Waals surface area contributed by atoms with E-state index in [2.05, 4.69) is 10.4 Å². The summed E-state index contributed by atoms with van der Waals surface area (Å²) in [7, 11) is 1.56. The van der Waals surface area contributed by atoms with Crippen molar-refractivity contribution in [2.24, 2.45) is 0 Å². The van der Waals surface area contributed by atoms with Gasteiger partial charge in [0.15, 0.2) is 6.73 Å². The van der Waals surface area contributed by atoms with Crippen LogP contribution in [-0.2, 0) is 6.73 Å². The van der Waals surface area contributed by atoms with Gasteiger partial charge in [-0.05, 0) is 42.8 Å². The molecule has 6 nitrogen and oxygen atoms in total. The predicted octanol–water partition coefficient (Wildman–Crippen LogP) is 4.14. The maximum Gasteiger partial charge on any atom is 0.274 e. The second-order valence-corrected chi connectivity index (χ2v) is 5.98. The van der Waals surface area contributed by atoms with Gasteiger partial charge in [-0.3, -0.25) is 4.79 Å². The Bertz CT molecular complexity index is 924. The fraction of sp³-hybridized carbons (Fsp3) is 0.158. The number of nitrogens with one attached hydrogen (secondary N) is 1. The highest BCUT2D eigenvalue weighted by Crippen LogP contribution is 2.26. The second-order valence-electron chi connectivity index (χ2n) is 5.58. The summed E-state index contributed by atoms with van der Waals surface area (Å²) in [5.41, 5.74) is 1.97. The van der Waals surface area contributed by atoms with E-state index in [1.54, 1.807) is 31.5 Å². The zero-order chi connectivity index (χ0) is 18.5. The van der Waals surface area contributed by atoms with Gasteiger partial charge in [0.2, 0.25) is 0 Å². The van der Waals surface area contributed by atoms with Crippen LogP contribution in [0.15, 0.2) is 54.7 Å². The quantitative estimate of drug-likeness (QED) is 0.707. The second kappa shape index (κ2) is 7.93. The molecule has 0 saturated heterocycles. The van der Waals surface area contributed by atoms with Crippen LogP contribution in [0.1, 0.15) is 16.1 Å². The Morgan fingerprint density at radius 2 is 2.00 bits per heavy atom. The number of amides is 1. The number of halogens is 1. The number of nitrogens with zero attached hydrogens (tertiary/aromatic N) is 2. The van der Waals surface area contributed by atoms with E-state index in [1.165, 1.54) is 4.68 Å². The van der Waals surface area contributed by atoms with Crippen molar-refractivity contribution < 1.29 is 14.3 Å². The summed E-state index contributed by atoms with van der Waals surface area (Å²) >= 11 is 6.07. The topological polar surface area (TPSA) is 65.4 Å². The van der Waals surface area contributed by atoms with Crippen molar-refractivity contribution in [2.75, 3.05) is 12.4 Å². The average Bonchev–Trinajstić information content (AvgIpc) is 3.10. The SMILES string of the molecule is COc1ccc(C)cc1NC(=O)c1ccnn1COc1ccccc1Cl. The summed E-state index contributed by atoms with van der Waals surface area (Å²) in [6.45, 7) is 2.00. The van der Waals surface area contributed by atoms with Gasteiger partial charge in [-0.15, -0.1) is 0 Å². The van der Waals surface area contributed by atoms with Crippen LogP contribution in [-0.4, -0.2) is 22.8 Å². The van der Waals surface area contributed by atoms with Crippen molar-refractivity contribution in [1.82, 2.24) is 9.78 Å². The maximum absolute atomic E-state index is 12.6. The lowest BCUT2D eigenvalue weighted by molar-refractivity contribution is 0.100. The number of anilines is 1. The van der Waals surface area contributed by atoms with Crippen LogP contribution in [0.2, 0.25) is 5.02 Å². The van der Waals surface area contributed by atoms with E-state index >= 15 is 0 Å². The van der Waals surface area contributed by atoms with Gasteiger partial charge >= 0.3 is 0 Å². The zero-order valence-corrected chi connectivity index (χ0v) is 15.2. The van der Waals surface area contributed by atoms with Crippen molar-refractivity contribution >= 4 is 23.2 Å². The standard InChI is InChI=1S/C19H18ClN3O3/c1-13-7-8-18(25-2)15(11-13)22-19(24)16-9-10-21-23(16)12-26-17-6-4-3-5-14(17)20/h3-11H,12H2,1-2H3,(H,22,24). The molecule has 3 rings (SSSR count). The van der Waals surface area contributed by atoms with Crippen LogP contribution < -0.4 is 14.8 Å². The lowest BCUT2D eigenvalue weighted by Crippen LogP contribution is -2.20. The molecule has 0 saturated carbocycles. The predicted molar refractivity (Wildman–Crippen MR) is 100.0 cm³/mol. The molecule has 0 aliphatic heterocycles. The van der Waals surface area contributed by atoms with Crippen molar-refractivity contribution in [2.45, 2.75) is 13.7 Å². The number of methoxy groups -OCH3 is 1. The number of aryl methyl sites for hydroxylation is 1. The monoisotopic (exact) mass is 371 g/mol. The third-order valence-electron chi connectivity index (χ3n) is 3.73. The summed E-state index contributed by atoms with van der Waals surface area (Å²) in [4.78, 5) is 12.6. The Morgan fingerprint density at radius 1 is 1.19 bits per heavy atom. The molecule has 0 fully saturated rings. The van der Waals surface area contributed by atoms with Gasteiger partial charge in [0.25, 0.3) is 5.91 Å². The minimum atomic E-state index is -0.311. The number of ether oxygens (including phenoxy) is 2. The Labute approximate surface area is 156 Å². The number of aromatic nitrogens is 2. The summed E-state index contributed by atoms with van der Waals surface area (Å²) < 4.78 is 12.4. The van der Waals surface area contributed by atoms with Gasteiger partial charge in [0.05, 0.1) is 17.8 Å². The van der Waals surface area contributed by atoms with Gasteiger partial charge in [-0.2, -0.15) is 5.10 Å². The average molecular weight is 372 g/mol. The Morgan fingerprint density at radius 3 is 2.77 bits per heavy atom. The van der Waals surface area contributed by atoms with Crippen molar-refractivity contribution in [3.05, 3.63) is 71.0 Å². The minimum absolute atomic E-state index is 0.0600. The van der Waals surface area contributed by atoms with Crippen molar-refractivity contribution in [3.63, 3.8) is 0 Å².